The molecule has 1 spiro atoms. The highest BCUT2D eigenvalue weighted by Crippen LogP contribution is 2.46. The summed E-state index contributed by atoms with van der Waals surface area (Å²) in [5.74, 6) is 0.677. The summed E-state index contributed by atoms with van der Waals surface area (Å²) < 4.78 is 6.00. The first-order chi connectivity index (χ1) is 8.33. The minimum absolute atomic E-state index is 0.230. The molecule has 94 valence electrons. The van der Waals surface area contributed by atoms with Crippen LogP contribution in [-0.4, -0.2) is 24.2 Å². The van der Waals surface area contributed by atoms with Gasteiger partial charge in [0.05, 0.1) is 22.8 Å². The van der Waals surface area contributed by atoms with Crippen molar-refractivity contribution in [1.82, 2.24) is 10.3 Å². The summed E-state index contributed by atoms with van der Waals surface area (Å²) in [6.45, 7) is 0.924. The van der Waals surface area contributed by atoms with Crippen LogP contribution in [0.1, 0.15) is 43.8 Å². The summed E-state index contributed by atoms with van der Waals surface area (Å²) in [5, 5.41) is 5.62. The monoisotopic (exact) mass is 252 g/mol. The Hall–Kier alpha value is -0.450. The molecule has 0 aromatic carbocycles. The number of rotatable bonds is 3. The predicted molar refractivity (Wildman–Crippen MR) is 69.2 cm³/mol. The van der Waals surface area contributed by atoms with E-state index in [0.29, 0.717) is 12.0 Å². The highest BCUT2D eigenvalue weighted by atomic mass is 32.1. The molecule has 3 rings (SSSR count). The maximum Gasteiger partial charge on any atom is 0.0795 e. The molecule has 17 heavy (non-hydrogen) atoms. The Morgan fingerprint density at radius 2 is 2.47 bits per heavy atom. The molecule has 2 heterocycles. The number of hydrogen-bond donors (Lipinski definition) is 1. The van der Waals surface area contributed by atoms with E-state index in [1.54, 1.807) is 11.3 Å². The Bertz CT molecular complexity index is 362. The first-order valence-corrected chi connectivity index (χ1v) is 7.47. The molecule has 1 aromatic rings. The quantitative estimate of drug-likeness (QED) is 0.898. The summed E-state index contributed by atoms with van der Waals surface area (Å²) in [7, 11) is 2.05. The smallest absolute Gasteiger partial charge is 0.0795 e. The average molecular weight is 252 g/mol. The molecule has 1 saturated heterocycles. The molecular formula is C13H20N2OS. The maximum atomic E-state index is 6.00. The van der Waals surface area contributed by atoms with Crippen LogP contribution in [0.2, 0.25) is 0 Å². The zero-order valence-corrected chi connectivity index (χ0v) is 11.1. The summed E-state index contributed by atoms with van der Waals surface area (Å²) >= 11 is 1.68. The zero-order chi connectivity index (χ0) is 11.7. The van der Waals surface area contributed by atoms with Crippen LogP contribution in [0.25, 0.3) is 0 Å². The van der Waals surface area contributed by atoms with Gasteiger partial charge in [-0.15, -0.1) is 11.3 Å². The van der Waals surface area contributed by atoms with Gasteiger partial charge in [0.25, 0.3) is 0 Å². The Labute approximate surface area is 107 Å². The van der Waals surface area contributed by atoms with E-state index in [9.17, 15) is 0 Å². The van der Waals surface area contributed by atoms with Crippen molar-refractivity contribution in [2.24, 2.45) is 5.92 Å². The number of nitrogens with one attached hydrogen (secondary N) is 1. The van der Waals surface area contributed by atoms with E-state index < -0.39 is 0 Å². The average Bonchev–Trinajstić information content (AvgIpc) is 2.82. The highest BCUT2D eigenvalue weighted by molar-refractivity contribution is 7.07. The van der Waals surface area contributed by atoms with E-state index in [4.69, 9.17) is 4.74 Å². The van der Waals surface area contributed by atoms with Gasteiger partial charge < -0.3 is 10.1 Å². The number of ether oxygens (including phenoxy) is 1. The third-order valence-electron chi connectivity index (χ3n) is 4.35. The van der Waals surface area contributed by atoms with Crippen molar-refractivity contribution < 1.29 is 4.74 Å². The molecule has 1 N–H and O–H groups in total. The van der Waals surface area contributed by atoms with Crippen LogP contribution in [0.3, 0.4) is 0 Å². The molecule has 0 amide bonds. The van der Waals surface area contributed by atoms with E-state index in [1.807, 2.05) is 12.6 Å². The number of nitrogens with zero attached hydrogens (tertiary/aromatic N) is 1. The van der Waals surface area contributed by atoms with Crippen molar-refractivity contribution in [3.05, 3.63) is 16.6 Å². The van der Waals surface area contributed by atoms with Crippen molar-refractivity contribution in [1.29, 1.82) is 0 Å². The lowest BCUT2D eigenvalue weighted by Gasteiger charge is -2.48. The molecule has 2 unspecified atom stereocenters. The van der Waals surface area contributed by atoms with Crippen LogP contribution in [0, 0.1) is 5.92 Å². The Balaban J connectivity index is 1.73. The standard InChI is InChI=1S/C13H20N2OS/c1-14-12(11-8-17-9-15-11)10-3-6-16-13(7-10)4-2-5-13/h8-10,12,14H,2-7H2,1H3. The van der Waals surface area contributed by atoms with Gasteiger partial charge in [0.15, 0.2) is 0 Å². The third-order valence-corrected chi connectivity index (χ3v) is 4.95. The Morgan fingerprint density at radius 3 is 3.06 bits per heavy atom. The van der Waals surface area contributed by atoms with E-state index in [-0.39, 0.29) is 5.60 Å². The van der Waals surface area contributed by atoms with Crippen LogP contribution >= 0.6 is 11.3 Å². The van der Waals surface area contributed by atoms with Gasteiger partial charge in [-0.25, -0.2) is 4.98 Å². The van der Waals surface area contributed by atoms with Gasteiger partial charge >= 0.3 is 0 Å². The lowest BCUT2D eigenvalue weighted by atomic mass is 9.70. The van der Waals surface area contributed by atoms with Gasteiger partial charge in [-0.1, -0.05) is 0 Å². The fraction of sp³-hybridized carbons (Fsp3) is 0.769. The topological polar surface area (TPSA) is 34.2 Å². The summed E-state index contributed by atoms with van der Waals surface area (Å²) in [6.07, 6.45) is 6.22. The Morgan fingerprint density at radius 1 is 1.59 bits per heavy atom. The van der Waals surface area contributed by atoms with Crippen LogP contribution < -0.4 is 5.32 Å². The molecule has 1 aliphatic carbocycles. The Kier molecular flexibility index (Phi) is 3.19. The molecule has 2 fully saturated rings. The molecule has 1 aliphatic heterocycles. The van der Waals surface area contributed by atoms with Crippen molar-refractivity contribution in [3.8, 4) is 0 Å². The molecule has 0 bridgehead atoms. The van der Waals surface area contributed by atoms with Crippen molar-refractivity contribution in [2.45, 2.75) is 43.7 Å². The van der Waals surface area contributed by atoms with E-state index in [1.165, 1.54) is 31.4 Å². The van der Waals surface area contributed by atoms with Crippen LogP contribution in [0.5, 0.6) is 0 Å². The molecule has 0 radical (unpaired) electrons. The molecule has 2 atom stereocenters. The number of hydrogen-bond acceptors (Lipinski definition) is 4. The van der Waals surface area contributed by atoms with E-state index >= 15 is 0 Å². The van der Waals surface area contributed by atoms with Crippen molar-refractivity contribution in [3.63, 3.8) is 0 Å². The van der Waals surface area contributed by atoms with Crippen LogP contribution in [0.4, 0.5) is 0 Å². The normalized spacial score (nSPS) is 28.9. The molecule has 3 nitrogen and oxygen atoms in total. The first-order valence-electron chi connectivity index (χ1n) is 6.52. The first kappa shape index (κ1) is 11.6. The van der Waals surface area contributed by atoms with Gasteiger partial charge in [-0.05, 0) is 45.1 Å². The lowest BCUT2D eigenvalue weighted by molar-refractivity contribution is -0.147. The van der Waals surface area contributed by atoms with Gasteiger partial charge in [-0.3, -0.25) is 0 Å². The van der Waals surface area contributed by atoms with E-state index in [0.717, 1.165) is 13.0 Å². The maximum absolute atomic E-state index is 6.00. The second kappa shape index (κ2) is 4.67. The fourth-order valence-electron chi connectivity index (χ4n) is 3.27. The minimum Gasteiger partial charge on any atom is -0.375 e. The minimum atomic E-state index is 0.230. The lowest BCUT2D eigenvalue weighted by Crippen LogP contribution is -2.47. The molecule has 4 heteroatoms. The second-order valence-electron chi connectivity index (χ2n) is 5.32. The zero-order valence-electron chi connectivity index (χ0n) is 10.3. The SMILES string of the molecule is CNC(c1cscn1)C1CCOC2(CCC2)C1. The van der Waals surface area contributed by atoms with Crippen molar-refractivity contribution >= 4 is 11.3 Å². The molecule has 1 saturated carbocycles. The fourth-order valence-corrected chi connectivity index (χ4v) is 3.86. The third kappa shape index (κ3) is 2.14. The largest absolute Gasteiger partial charge is 0.375 e. The predicted octanol–water partition coefficient (Wildman–Crippen LogP) is 2.75. The summed E-state index contributed by atoms with van der Waals surface area (Å²) in [4.78, 5) is 4.47. The van der Waals surface area contributed by atoms with Gasteiger partial charge in [0.2, 0.25) is 0 Å². The van der Waals surface area contributed by atoms with Gasteiger partial charge in [0, 0.05) is 12.0 Å². The molecular weight excluding hydrogens is 232 g/mol. The molecule has 1 aromatic heterocycles. The van der Waals surface area contributed by atoms with E-state index in [2.05, 4.69) is 15.7 Å². The van der Waals surface area contributed by atoms with Crippen LogP contribution in [-0.2, 0) is 4.74 Å². The number of thiazole rings is 1. The van der Waals surface area contributed by atoms with Crippen molar-refractivity contribution in [2.75, 3.05) is 13.7 Å². The highest BCUT2D eigenvalue weighted by Gasteiger charge is 2.44. The van der Waals surface area contributed by atoms with Gasteiger partial charge in [0.1, 0.15) is 0 Å². The van der Waals surface area contributed by atoms with Crippen LogP contribution in [0.15, 0.2) is 10.9 Å². The molecule has 2 aliphatic rings. The second-order valence-corrected chi connectivity index (χ2v) is 6.04. The summed E-state index contributed by atoms with van der Waals surface area (Å²) in [5.41, 5.74) is 3.37. The van der Waals surface area contributed by atoms with Gasteiger partial charge in [-0.2, -0.15) is 0 Å². The number of aromatic nitrogens is 1. The summed E-state index contributed by atoms with van der Waals surface area (Å²) in [6, 6.07) is 0.405.